The molecule has 0 aliphatic carbocycles. The highest BCUT2D eigenvalue weighted by Gasteiger charge is 2.09. The molecule has 0 spiro atoms. The van der Waals surface area contributed by atoms with Gasteiger partial charge in [0, 0.05) is 11.3 Å². The Balaban J connectivity index is 2.44. The van der Waals surface area contributed by atoms with Gasteiger partial charge in [-0.25, -0.2) is 0 Å². The highest BCUT2D eigenvalue weighted by Crippen LogP contribution is 2.20. The number of pyridine rings is 1. The SMILES string of the molecule is CCC(C)c1nc(-c2ccccc2)ccc1[Si]. The Bertz CT molecular complexity index is 494. The molecule has 85 valence electrons. The van der Waals surface area contributed by atoms with E-state index in [0.717, 1.165) is 23.0 Å². The van der Waals surface area contributed by atoms with Gasteiger partial charge in [0.25, 0.3) is 0 Å². The van der Waals surface area contributed by atoms with E-state index in [1.165, 1.54) is 5.56 Å². The summed E-state index contributed by atoms with van der Waals surface area (Å²) in [6.07, 6.45) is 1.10. The van der Waals surface area contributed by atoms with Crippen LogP contribution >= 0.6 is 0 Å². The van der Waals surface area contributed by atoms with Crippen LogP contribution in [-0.2, 0) is 0 Å². The van der Waals surface area contributed by atoms with E-state index in [-0.39, 0.29) is 0 Å². The van der Waals surface area contributed by atoms with Crippen molar-refractivity contribution < 1.29 is 0 Å². The topological polar surface area (TPSA) is 12.9 Å². The van der Waals surface area contributed by atoms with E-state index in [2.05, 4.69) is 48.4 Å². The van der Waals surface area contributed by atoms with Gasteiger partial charge in [-0.3, -0.25) is 4.98 Å². The molecule has 0 amide bonds. The summed E-state index contributed by atoms with van der Waals surface area (Å²) in [5.41, 5.74) is 3.36. The van der Waals surface area contributed by atoms with Crippen molar-refractivity contribution in [3.63, 3.8) is 0 Å². The van der Waals surface area contributed by atoms with Gasteiger partial charge in [0.15, 0.2) is 0 Å². The van der Waals surface area contributed by atoms with E-state index < -0.39 is 0 Å². The van der Waals surface area contributed by atoms with Gasteiger partial charge in [0.2, 0.25) is 0 Å². The van der Waals surface area contributed by atoms with Crippen molar-refractivity contribution in [2.24, 2.45) is 0 Å². The van der Waals surface area contributed by atoms with Crippen molar-refractivity contribution >= 4 is 15.4 Å². The Morgan fingerprint density at radius 3 is 2.47 bits per heavy atom. The second-order valence-corrected chi connectivity index (χ2v) is 4.84. The van der Waals surface area contributed by atoms with E-state index in [9.17, 15) is 0 Å². The third-order valence-corrected chi connectivity index (χ3v) is 3.50. The van der Waals surface area contributed by atoms with Crippen LogP contribution in [0.4, 0.5) is 0 Å². The van der Waals surface area contributed by atoms with Crippen LogP contribution in [-0.4, -0.2) is 15.2 Å². The summed E-state index contributed by atoms with van der Waals surface area (Å²) in [5.74, 6) is 0.478. The fraction of sp³-hybridized carbons (Fsp3) is 0.267. The van der Waals surface area contributed by atoms with Crippen molar-refractivity contribution in [1.29, 1.82) is 0 Å². The Morgan fingerprint density at radius 1 is 1.12 bits per heavy atom. The Morgan fingerprint density at radius 2 is 1.82 bits per heavy atom. The highest BCUT2D eigenvalue weighted by molar-refractivity contribution is 6.33. The average Bonchev–Trinajstić information content (AvgIpc) is 2.39. The third-order valence-electron chi connectivity index (χ3n) is 3.07. The van der Waals surface area contributed by atoms with E-state index in [0.29, 0.717) is 5.92 Å². The lowest BCUT2D eigenvalue weighted by atomic mass is 10.0. The number of hydrogen-bond donors (Lipinski definition) is 0. The minimum absolute atomic E-state index is 0.478. The van der Waals surface area contributed by atoms with Crippen LogP contribution in [0.25, 0.3) is 11.3 Å². The predicted molar refractivity (Wildman–Crippen MR) is 73.8 cm³/mol. The van der Waals surface area contributed by atoms with Crippen LogP contribution in [0, 0.1) is 0 Å². The monoisotopic (exact) mass is 238 g/mol. The van der Waals surface area contributed by atoms with Crippen molar-refractivity contribution in [3.8, 4) is 11.3 Å². The number of rotatable bonds is 3. The summed E-state index contributed by atoms with van der Waals surface area (Å²) in [6.45, 7) is 4.40. The van der Waals surface area contributed by atoms with Crippen LogP contribution in [0.1, 0.15) is 31.9 Å². The van der Waals surface area contributed by atoms with Gasteiger partial charge in [-0.05, 0) is 23.6 Å². The molecule has 17 heavy (non-hydrogen) atoms. The summed E-state index contributed by atoms with van der Waals surface area (Å²) in [5, 5.41) is 1.10. The lowest BCUT2D eigenvalue weighted by Gasteiger charge is -2.13. The summed E-state index contributed by atoms with van der Waals surface area (Å²) in [6, 6.07) is 14.4. The van der Waals surface area contributed by atoms with Crippen LogP contribution in [0.15, 0.2) is 42.5 Å². The first kappa shape index (κ1) is 12.1. The molecular weight excluding hydrogens is 222 g/mol. The molecule has 0 saturated heterocycles. The van der Waals surface area contributed by atoms with Gasteiger partial charge in [-0.1, -0.05) is 50.2 Å². The van der Waals surface area contributed by atoms with Crippen LogP contribution < -0.4 is 5.19 Å². The lowest BCUT2D eigenvalue weighted by molar-refractivity contribution is 0.714. The van der Waals surface area contributed by atoms with Crippen molar-refractivity contribution in [3.05, 3.63) is 48.2 Å². The maximum atomic E-state index is 4.76. The van der Waals surface area contributed by atoms with Crippen LogP contribution in [0.5, 0.6) is 0 Å². The lowest BCUT2D eigenvalue weighted by Crippen LogP contribution is -2.15. The third kappa shape index (κ3) is 2.64. The van der Waals surface area contributed by atoms with E-state index in [1.807, 2.05) is 18.2 Å². The molecule has 1 aromatic carbocycles. The molecule has 1 heterocycles. The molecule has 1 unspecified atom stereocenters. The fourth-order valence-corrected chi connectivity index (χ4v) is 2.20. The minimum atomic E-state index is 0.478. The van der Waals surface area contributed by atoms with Gasteiger partial charge >= 0.3 is 0 Å². The average molecular weight is 238 g/mol. The number of nitrogens with zero attached hydrogens (tertiary/aromatic N) is 1. The summed E-state index contributed by atoms with van der Waals surface area (Å²) in [7, 11) is 3.64. The summed E-state index contributed by atoms with van der Waals surface area (Å²) in [4.78, 5) is 4.76. The molecular formula is C15H16NSi. The van der Waals surface area contributed by atoms with Crippen LogP contribution in [0.3, 0.4) is 0 Å². The number of hydrogen-bond acceptors (Lipinski definition) is 1. The molecule has 1 nitrogen and oxygen atoms in total. The van der Waals surface area contributed by atoms with Crippen molar-refractivity contribution in [1.82, 2.24) is 4.98 Å². The van der Waals surface area contributed by atoms with E-state index >= 15 is 0 Å². The van der Waals surface area contributed by atoms with Gasteiger partial charge in [0.05, 0.1) is 15.9 Å². The van der Waals surface area contributed by atoms with Gasteiger partial charge in [-0.2, -0.15) is 0 Å². The van der Waals surface area contributed by atoms with Gasteiger partial charge < -0.3 is 0 Å². The first-order valence-corrected chi connectivity index (χ1v) is 6.50. The predicted octanol–water partition coefficient (Wildman–Crippen LogP) is 3.06. The maximum absolute atomic E-state index is 4.76. The maximum Gasteiger partial charge on any atom is 0.0737 e. The highest BCUT2D eigenvalue weighted by atomic mass is 28.1. The summed E-state index contributed by atoms with van der Waals surface area (Å²) < 4.78 is 0. The molecule has 0 saturated carbocycles. The molecule has 0 bridgehead atoms. The Labute approximate surface area is 106 Å². The Hall–Kier alpha value is -1.41. The van der Waals surface area contributed by atoms with Crippen molar-refractivity contribution in [2.45, 2.75) is 26.2 Å². The zero-order chi connectivity index (χ0) is 12.3. The zero-order valence-electron chi connectivity index (χ0n) is 10.3. The summed E-state index contributed by atoms with van der Waals surface area (Å²) >= 11 is 0. The molecule has 0 aliphatic heterocycles. The van der Waals surface area contributed by atoms with E-state index in [4.69, 9.17) is 4.98 Å². The molecule has 0 N–H and O–H groups in total. The molecule has 1 aromatic heterocycles. The fourth-order valence-electron chi connectivity index (χ4n) is 1.81. The molecule has 2 rings (SSSR count). The number of aromatic nitrogens is 1. The van der Waals surface area contributed by atoms with Crippen molar-refractivity contribution in [2.75, 3.05) is 0 Å². The normalized spacial score (nSPS) is 12.4. The first-order valence-electron chi connectivity index (χ1n) is 6.00. The quantitative estimate of drug-likeness (QED) is 0.749. The first-order chi connectivity index (χ1) is 8.22. The van der Waals surface area contributed by atoms with E-state index in [1.54, 1.807) is 0 Å². The zero-order valence-corrected chi connectivity index (χ0v) is 11.3. The Kier molecular flexibility index (Phi) is 3.74. The molecule has 0 fully saturated rings. The minimum Gasteiger partial charge on any atom is -0.253 e. The van der Waals surface area contributed by atoms with Gasteiger partial charge in [0.1, 0.15) is 0 Å². The molecule has 2 aromatic rings. The molecule has 0 aliphatic rings. The second kappa shape index (κ2) is 5.28. The smallest absolute Gasteiger partial charge is 0.0737 e. The molecule has 3 radical (unpaired) electrons. The molecule has 2 heteroatoms. The number of benzene rings is 1. The second-order valence-electron chi connectivity index (χ2n) is 4.30. The van der Waals surface area contributed by atoms with Crippen LogP contribution in [0.2, 0.25) is 0 Å². The largest absolute Gasteiger partial charge is 0.253 e. The molecule has 1 atom stereocenters. The standard InChI is InChI=1S/C15H16NSi/c1-3-11(2)15-14(17)10-9-13(16-15)12-7-5-4-6-8-12/h4-11H,3H2,1-2H3. The van der Waals surface area contributed by atoms with Gasteiger partial charge in [-0.15, -0.1) is 0 Å².